The van der Waals surface area contributed by atoms with Crippen molar-refractivity contribution in [3.63, 3.8) is 0 Å². The maximum absolute atomic E-state index is 13.8. The molecule has 2 aromatic rings. The van der Waals surface area contributed by atoms with Gasteiger partial charge in [0, 0.05) is 23.5 Å². The van der Waals surface area contributed by atoms with Crippen molar-refractivity contribution in [3.05, 3.63) is 47.3 Å². The average molecular weight is 550 g/mol. The zero-order valence-electron chi connectivity index (χ0n) is 23.9. The van der Waals surface area contributed by atoms with Crippen molar-refractivity contribution >= 4 is 29.4 Å². The number of ketones is 1. The maximum atomic E-state index is 13.8. The van der Waals surface area contributed by atoms with Crippen LogP contribution in [0.15, 0.2) is 30.5 Å². The molecule has 0 unspecified atom stereocenters. The lowest BCUT2D eigenvalue weighted by atomic mass is 9.88. The minimum Gasteiger partial charge on any atom is -0.444 e. The van der Waals surface area contributed by atoms with Crippen molar-refractivity contribution in [1.29, 1.82) is 0 Å². The van der Waals surface area contributed by atoms with Gasteiger partial charge in [0.05, 0.1) is 13.1 Å². The van der Waals surface area contributed by atoms with Gasteiger partial charge in [-0.05, 0) is 108 Å². The molecule has 0 radical (unpaired) electrons. The van der Waals surface area contributed by atoms with E-state index in [9.17, 15) is 19.2 Å². The number of carbonyl (C=O) groups is 4. The Balaban J connectivity index is 1.36. The number of nitrogens with one attached hydrogen (secondary N) is 2. The van der Waals surface area contributed by atoms with Gasteiger partial charge in [-0.2, -0.15) is 5.10 Å². The van der Waals surface area contributed by atoms with Gasteiger partial charge in [0.15, 0.2) is 5.78 Å². The molecule has 3 aliphatic rings. The highest BCUT2D eigenvalue weighted by molar-refractivity contribution is 6.03. The summed E-state index contributed by atoms with van der Waals surface area (Å²) in [6, 6.07) is 6.10. The maximum Gasteiger partial charge on any atom is 0.411 e. The van der Waals surface area contributed by atoms with Crippen molar-refractivity contribution in [2.24, 2.45) is 17.8 Å². The summed E-state index contributed by atoms with van der Waals surface area (Å²) in [6.45, 7) is 9.39. The van der Waals surface area contributed by atoms with Crippen LogP contribution in [0.3, 0.4) is 0 Å². The molecule has 1 atom stereocenters. The molecule has 1 aromatic heterocycles. The van der Waals surface area contributed by atoms with E-state index in [1.807, 2.05) is 13.8 Å². The molecule has 10 nitrogen and oxygen atoms in total. The Labute approximate surface area is 234 Å². The Hall–Kier alpha value is -3.69. The zero-order chi connectivity index (χ0) is 28.8. The predicted molar refractivity (Wildman–Crippen MR) is 149 cm³/mol. The standard InChI is InChI=1S/C30H39N5O5/c1-17(2)35-23(12-13-31-35)27(37)33-26(25(18-6-7-18)19-8-9-19)28(38)32-21-10-11-22-20(14-21)15-34(16-24(22)36)29(39)40-30(3,4)5/h10-14,17-19,25-26H,6-9,15-16H2,1-5H3,(H,32,38)(H,33,37)/t26-/m0/s1. The van der Waals surface area contributed by atoms with E-state index in [2.05, 4.69) is 15.7 Å². The van der Waals surface area contributed by atoms with Crippen molar-refractivity contribution in [3.8, 4) is 0 Å². The number of rotatable bonds is 8. The second-order valence-corrected chi connectivity index (χ2v) is 12.6. The molecule has 1 aliphatic heterocycles. The Morgan fingerprint density at radius 1 is 1.02 bits per heavy atom. The van der Waals surface area contributed by atoms with Gasteiger partial charge in [-0.15, -0.1) is 0 Å². The first-order chi connectivity index (χ1) is 18.9. The summed E-state index contributed by atoms with van der Waals surface area (Å²) in [5.74, 6) is 0.130. The second-order valence-electron chi connectivity index (χ2n) is 12.6. The number of amides is 3. The number of benzene rings is 1. The van der Waals surface area contributed by atoms with Crippen LogP contribution >= 0.6 is 0 Å². The molecule has 2 N–H and O–H groups in total. The number of fused-ring (bicyclic) bond motifs is 1. The van der Waals surface area contributed by atoms with Gasteiger partial charge in [-0.3, -0.25) is 24.0 Å². The molecule has 2 fully saturated rings. The number of carbonyl (C=O) groups excluding carboxylic acids is 4. The minimum absolute atomic E-state index is 0.00383. The molecule has 2 heterocycles. The smallest absolute Gasteiger partial charge is 0.411 e. The molecule has 3 amide bonds. The van der Waals surface area contributed by atoms with Gasteiger partial charge in [-0.1, -0.05) is 0 Å². The van der Waals surface area contributed by atoms with Crippen LogP contribution in [-0.4, -0.2) is 56.6 Å². The molecule has 10 heteroatoms. The highest BCUT2D eigenvalue weighted by Gasteiger charge is 2.48. The number of aromatic nitrogens is 2. The normalized spacial score (nSPS) is 18.0. The number of hydrogen-bond acceptors (Lipinski definition) is 6. The highest BCUT2D eigenvalue weighted by atomic mass is 16.6. The molecule has 40 heavy (non-hydrogen) atoms. The Morgan fingerprint density at radius 2 is 1.70 bits per heavy atom. The highest BCUT2D eigenvalue weighted by Crippen LogP contribution is 2.51. The summed E-state index contributed by atoms with van der Waals surface area (Å²) in [4.78, 5) is 54.0. The number of nitrogens with zero attached hydrogens (tertiary/aromatic N) is 3. The Morgan fingerprint density at radius 3 is 2.30 bits per heavy atom. The summed E-state index contributed by atoms with van der Waals surface area (Å²) in [7, 11) is 0. The lowest BCUT2D eigenvalue weighted by Crippen LogP contribution is -2.50. The first-order valence-electron chi connectivity index (χ1n) is 14.2. The lowest BCUT2D eigenvalue weighted by Gasteiger charge is -2.31. The SMILES string of the molecule is CC(C)n1nccc1C(=O)N[C@H](C(=O)Nc1ccc2c(c1)CN(C(=O)OC(C)(C)C)CC2=O)C(C1CC1)C1CC1. The molecule has 2 aliphatic carbocycles. The average Bonchev–Trinajstić information content (AvgIpc) is 3.81. The van der Waals surface area contributed by atoms with Gasteiger partial charge in [0.1, 0.15) is 17.3 Å². The van der Waals surface area contributed by atoms with Crippen LogP contribution in [0.1, 0.15) is 92.8 Å². The molecule has 214 valence electrons. The van der Waals surface area contributed by atoms with Crippen LogP contribution in [-0.2, 0) is 16.1 Å². The summed E-state index contributed by atoms with van der Waals surface area (Å²) in [5, 5.41) is 10.3. The fourth-order valence-electron chi connectivity index (χ4n) is 5.62. The molecular formula is C30H39N5O5. The van der Waals surface area contributed by atoms with E-state index in [1.54, 1.807) is 55.9 Å². The van der Waals surface area contributed by atoms with Gasteiger partial charge in [-0.25, -0.2) is 4.79 Å². The summed E-state index contributed by atoms with van der Waals surface area (Å²) >= 11 is 0. The largest absolute Gasteiger partial charge is 0.444 e. The Bertz CT molecular complexity index is 1310. The zero-order valence-corrected chi connectivity index (χ0v) is 23.9. The topological polar surface area (TPSA) is 123 Å². The summed E-state index contributed by atoms with van der Waals surface area (Å²) in [6.07, 6.45) is 5.29. The van der Waals surface area contributed by atoms with E-state index in [4.69, 9.17) is 4.74 Å². The van der Waals surface area contributed by atoms with Crippen LogP contribution in [0.5, 0.6) is 0 Å². The number of Topliss-reactive ketones (excluding diaryl/α,β-unsaturated/α-hetero) is 1. The molecule has 0 bridgehead atoms. The number of hydrogen-bond donors (Lipinski definition) is 2. The first kappa shape index (κ1) is 27.9. The van der Waals surface area contributed by atoms with Crippen LogP contribution in [0, 0.1) is 17.8 Å². The van der Waals surface area contributed by atoms with Gasteiger partial charge < -0.3 is 15.4 Å². The molecule has 0 saturated heterocycles. The lowest BCUT2D eigenvalue weighted by molar-refractivity contribution is -0.119. The fourth-order valence-corrected chi connectivity index (χ4v) is 5.62. The summed E-state index contributed by atoms with van der Waals surface area (Å²) in [5.41, 5.74) is 1.43. The van der Waals surface area contributed by atoms with Crippen LogP contribution in [0.2, 0.25) is 0 Å². The molecule has 0 spiro atoms. The monoisotopic (exact) mass is 549 g/mol. The van der Waals surface area contributed by atoms with Gasteiger partial charge in [0.25, 0.3) is 5.91 Å². The molecule has 5 rings (SSSR count). The van der Waals surface area contributed by atoms with E-state index in [0.29, 0.717) is 34.3 Å². The van der Waals surface area contributed by atoms with Crippen molar-refractivity contribution in [2.75, 3.05) is 11.9 Å². The predicted octanol–water partition coefficient (Wildman–Crippen LogP) is 4.57. The van der Waals surface area contributed by atoms with Crippen LogP contribution in [0.25, 0.3) is 0 Å². The second kappa shape index (κ2) is 10.7. The Kier molecular flexibility index (Phi) is 7.46. The summed E-state index contributed by atoms with van der Waals surface area (Å²) < 4.78 is 7.12. The molecule has 2 saturated carbocycles. The van der Waals surface area contributed by atoms with E-state index >= 15 is 0 Å². The van der Waals surface area contributed by atoms with Gasteiger partial charge >= 0.3 is 6.09 Å². The third-order valence-corrected chi connectivity index (χ3v) is 7.70. The van der Waals surface area contributed by atoms with E-state index in [1.165, 1.54) is 4.90 Å². The quantitative estimate of drug-likeness (QED) is 0.497. The third kappa shape index (κ3) is 6.21. The fraction of sp³-hybridized carbons (Fsp3) is 0.567. The molecular weight excluding hydrogens is 510 g/mol. The number of ether oxygens (including phenoxy) is 1. The number of anilines is 1. The third-order valence-electron chi connectivity index (χ3n) is 7.70. The first-order valence-corrected chi connectivity index (χ1v) is 14.2. The minimum atomic E-state index is -0.695. The van der Waals surface area contributed by atoms with Crippen molar-refractivity contribution in [2.45, 2.75) is 84.5 Å². The van der Waals surface area contributed by atoms with E-state index < -0.39 is 17.7 Å². The van der Waals surface area contributed by atoms with E-state index in [-0.39, 0.29) is 42.6 Å². The van der Waals surface area contributed by atoms with Crippen molar-refractivity contribution in [1.82, 2.24) is 20.0 Å². The van der Waals surface area contributed by atoms with Gasteiger partial charge in [0.2, 0.25) is 5.91 Å². The van der Waals surface area contributed by atoms with Crippen LogP contribution in [0.4, 0.5) is 10.5 Å². The van der Waals surface area contributed by atoms with Crippen LogP contribution < -0.4 is 10.6 Å². The van der Waals surface area contributed by atoms with E-state index in [0.717, 1.165) is 25.7 Å². The van der Waals surface area contributed by atoms with Crippen molar-refractivity contribution < 1.29 is 23.9 Å². The molecule has 1 aromatic carbocycles.